The lowest BCUT2D eigenvalue weighted by Gasteiger charge is -2.10. The van der Waals surface area contributed by atoms with Crippen LogP contribution in [0.4, 0.5) is 0 Å². The van der Waals surface area contributed by atoms with Gasteiger partial charge in [-0.05, 0) is 11.5 Å². The molecular weight excluding hydrogens is 216 g/mol. The Hall–Kier alpha value is -2.10. The van der Waals surface area contributed by atoms with Gasteiger partial charge in [0, 0.05) is 5.57 Å². The Morgan fingerprint density at radius 1 is 1.47 bits per heavy atom. The number of nitrogens with zero attached hydrogens (tertiary/aromatic N) is 1. The van der Waals surface area contributed by atoms with Crippen molar-refractivity contribution in [2.75, 3.05) is 0 Å². The molecule has 0 aliphatic carbocycles. The first-order valence-corrected chi connectivity index (χ1v) is 5.32. The Bertz CT molecular complexity index is 516. The molecule has 1 rings (SSSR count). The molecule has 4 heteroatoms. The average molecular weight is 232 g/mol. The summed E-state index contributed by atoms with van der Waals surface area (Å²) in [5, 5.41) is 3.67. The van der Waals surface area contributed by atoms with Crippen LogP contribution in [0.3, 0.4) is 0 Å². The van der Waals surface area contributed by atoms with Crippen molar-refractivity contribution in [3.8, 4) is 0 Å². The molecule has 0 unspecified atom stereocenters. The molecule has 1 heterocycles. The number of allylic oxidation sites excluding steroid dienone is 6. The third-order valence-corrected chi connectivity index (χ3v) is 2.24. The summed E-state index contributed by atoms with van der Waals surface area (Å²) in [5.74, 6) is 0.0805. The Morgan fingerprint density at radius 3 is 2.59 bits per heavy atom. The quantitative estimate of drug-likeness (QED) is 0.794. The minimum absolute atomic E-state index is 0.263. The largest absolute Gasteiger partial charge is 0.439 e. The number of rotatable bonds is 5. The third-order valence-electron chi connectivity index (χ3n) is 2.24. The molecule has 17 heavy (non-hydrogen) atoms. The van der Waals surface area contributed by atoms with E-state index in [-0.39, 0.29) is 5.92 Å². The SMILES string of the molecule is C=C/C=C\C(=C(/C=C)c1noc(=O)[nH]1)C(C)C. The van der Waals surface area contributed by atoms with Crippen LogP contribution in [0, 0.1) is 5.92 Å². The second kappa shape index (κ2) is 5.84. The van der Waals surface area contributed by atoms with E-state index < -0.39 is 5.76 Å². The van der Waals surface area contributed by atoms with Gasteiger partial charge in [0.1, 0.15) is 0 Å². The summed E-state index contributed by atoms with van der Waals surface area (Å²) >= 11 is 0. The highest BCUT2D eigenvalue weighted by Gasteiger charge is 2.11. The summed E-state index contributed by atoms with van der Waals surface area (Å²) in [7, 11) is 0. The molecule has 1 aromatic heterocycles. The molecule has 1 aromatic rings. The van der Waals surface area contributed by atoms with E-state index in [1.165, 1.54) is 0 Å². The van der Waals surface area contributed by atoms with E-state index in [0.29, 0.717) is 5.82 Å². The molecule has 0 aliphatic rings. The minimum Gasteiger partial charge on any atom is -0.296 e. The van der Waals surface area contributed by atoms with Gasteiger partial charge in [-0.15, -0.1) is 0 Å². The lowest BCUT2D eigenvalue weighted by atomic mass is 9.96. The second-order valence-corrected chi connectivity index (χ2v) is 3.77. The van der Waals surface area contributed by atoms with Crippen LogP contribution in [-0.4, -0.2) is 10.1 Å². The number of aromatic nitrogens is 2. The predicted molar refractivity (Wildman–Crippen MR) is 68.4 cm³/mol. The summed E-state index contributed by atoms with van der Waals surface area (Å²) in [6.45, 7) is 11.5. The summed E-state index contributed by atoms with van der Waals surface area (Å²) in [6, 6.07) is 0. The molecular formula is C13H16N2O2. The minimum atomic E-state index is -0.574. The molecule has 0 aromatic carbocycles. The summed E-state index contributed by atoms with van der Waals surface area (Å²) in [6.07, 6.45) is 7.09. The monoisotopic (exact) mass is 232 g/mol. The molecule has 0 aliphatic heterocycles. The zero-order valence-electron chi connectivity index (χ0n) is 10.1. The molecule has 0 bridgehead atoms. The maximum absolute atomic E-state index is 10.9. The lowest BCUT2D eigenvalue weighted by molar-refractivity contribution is 0.385. The van der Waals surface area contributed by atoms with Crippen molar-refractivity contribution in [3.63, 3.8) is 0 Å². The molecule has 0 amide bonds. The van der Waals surface area contributed by atoms with E-state index in [2.05, 4.69) is 27.8 Å². The zero-order valence-corrected chi connectivity index (χ0v) is 10.1. The highest BCUT2D eigenvalue weighted by atomic mass is 16.5. The number of nitrogens with one attached hydrogen (secondary N) is 1. The van der Waals surface area contributed by atoms with Crippen molar-refractivity contribution in [1.29, 1.82) is 0 Å². The lowest BCUT2D eigenvalue weighted by Crippen LogP contribution is -2.00. The van der Waals surface area contributed by atoms with E-state index in [4.69, 9.17) is 0 Å². The van der Waals surface area contributed by atoms with Crippen LogP contribution in [-0.2, 0) is 0 Å². The van der Waals surface area contributed by atoms with Crippen molar-refractivity contribution in [3.05, 3.63) is 59.4 Å². The van der Waals surface area contributed by atoms with Crippen LogP contribution in [0.15, 0.2) is 52.4 Å². The third kappa shape index (κ3) is 3.17. The normalized spacial score (nSPS) is 12.9. The summed E-state index contributed by atoms with van der Waals surface area (Å²) in [4.78, 5) is 13.5. The van der Waals surface area contributed by atoms with Gasteiger partial charge in [0.15, 0.2) is 5.82 Å². The summed E-state index contributed by atoms with van der Waals surface area (Å²) < 4.78 is 4.49. The van der Waals surface area contributed by atoms with Crippen molar-refractivity contribution < 1.29 is 4.52 Å². The number of hydrogen-bond acceptors (Lipinski definition) is 3. The Labute approximate surface area is 100 Å². The van der Waals surface area contributed by atoms with Crippen molar-refractivity contribution in [2.45, 2.75) is 13.8 Å². The van der Waals surface area contributed by atoms with Gasteiger partial charge < -0.3 is 0 Å². The van der Waals surface area contributed by atoms with Crippen LogP contribution >= 0.6 is 0 Å². The predicted octanol–water partition coefficient (Wildman–Crippen LogP) is 2.70. The highest BCUT2D eigenvalue weighted by Crippen LogP contribution is 2.23. The van der Waals surface area contributed by atoms with Crippen LogP contribution < -0.4 is 5.76 Å². The van der Waals surface area contributed by atoms with E-state index in [1.807, 2.05) is 26.0 Å². The zero-order chi connectivity index (χ0) is 12.8. The topological polar surface area (TPSA) is 58.9 Å². The van der Waals surface area contributed by atoms with E-state index in [9.17, 15) is 4.79 Å². The second-order valence-electron chi connectivity index (χ2n) is 3.77. The van der Waals surface area contributed by atoms with Gasteiger partial charge in [0.25, 0.3) is 0 Å². The first-order chi connectivity index (χ1) is 8.10. The standard InChI is InChI=1S/C13H16N2O2/c1-5-7-8-11(9(3)4)10(6-2)12-14-13(16)17-15-12/h5-9H,1-2H2,3-4H3,(H,14,15,16)/b8-7-,11-10-. The molecule has 0 saturated carbocycles. The molecule has 0 atom stereocenters. The van der Waals surface area contributed by atoms with Gasteiger partial charge in [-0.3, -0.25) is 9.51 Å². The van der Waals surface area contributed by atoms with E-state index in [1.54, 1.807) is 12.2 Å². The van der Waals surface area contributed by atoms with Crippen LogP contribution in [0.1, 0.15) is 19.7 Å². The van der Waals surface area contributed by atoms with Gasteiger partial charge >= 0.3 is 5.76 Å². The molecule has 1 N–H and O–H groups in total. The van der Waals surface area contributed by atoms with Crippen molar-refractivity contribution in [1.82, 2.24) is 10.1 Å². The van der Waals surface area contributed by atoms with Gasteiger partial charge in [-0.25, -0.2) is 4.79 Å². The van der Waals surface area contributed by atoms with Crippen molar-refractivity contribution in [2.24, 2.45) is 5.92 Å². The van der Waals surface area contributed by atoms with Gasteiger partial charge in [0.05, 0.1) is 0 Å². The fraction of sp³-hybridized carbons (Fsp3) is 0.231. The maximum atomic E-state index is 10.9. The Balaban J connectivity index is 3.35. The summed E-state index contributed by atoms with van der Waals surface area (Å²) in [5.41, 5.74) is 1.76. The molecule has 90 valence electrons. The Kier molecular flexibility index (Phi) is 4.46. The molecule has 0 saturated heterocycles. The first kappa shape index (κ1) is 13.0. The van der Waals surface area contributed by atoms with Gasteiger partial charge in [-0.2, -0.15) is 0 Å². The average Bonchev–Trinajstić information content (AvgIpc) is 2.70. The smallest absolute Gasteiger partial charge is 0.296 e. The van der Waals surface area contributed by atoms with Crippen LogP contribution in [0.2, 0.25) is 0 Å². The van der Waals surface area contributed by atoms with E-state index >= 15 is 0 Å². The molecule has 0 spiro atoms. The molecule has 0 radical (unpaired) electrons. The number of H-pyrrole nitrogens is 1. The van der Waals surface area contributed by atoms with Crippen LogP contribution in [0.25, 0.3) is 5.57 Å². The van der Waals surface area contributed by atoms with Gasteiger partial charge in [0.2, 0.25) is 0 Å². The van der Waals surface area contributed by atoms with Crippen molar-refractivity contribution >= 4 is 5.57 Å². The fourth-order valence-corrected chi connectivity index (χ4v) is 1.46. The maximum Gasteiger partial charge on any atom is 0.439 e. The van der Waals surface area contributed by atoms with Gasteiger partial charge in [-0.1, -0.05) is 56.5 Å². The molecule has 0 fully saturated rings. The van der Waals surface area contributed by atoms with E-state index in [0.717, 1.165) is 11.1 Å². The van der Waals surface area contributed by atoms with Crippen LogP contribution in [0.5, 0.6) is 0 Å². The highest BCUT2D eigenvalue weighted by molar-refractivity contribution is 5.74. The molecule has 4 nitrogen and oxygen atoms in total. The number of hydrogen-bond donors (Lipinski definition) is 1. The fourth-order valence-electron chi connectivity index (χ4n) is 1.46. The first-order valence-electron chi connectivity index (χ1n) is 5.32. The number of aromatic amines is 1. The Morgan fingerprint density at radius 2 is 2.18 bits per heavy atom.